The highest BCUT2D eigenvalue weighted by Crippen LogP contribution is 2.06. The van der Waals surface area contributed by atoms with Crippen LogP contribution >= 0.6 is 0 Å². The number of hydrogen-bond donors (Lipinski definition) is 0. The van der Waals surface area contributed by atoms with Gasteiger partial charge in [0.25, 0.3) is 0 Å². The Morgan fingerprint density at radius 3 is 1.22 bits per heavy atom. The second-order valence-electron chi connectivity index (χ2n) is 9.84. The fraction of sp³-hybridized carbons (Fsp3) is 0.704. The van der Waals surface area contributed by atoms with Crippen molar-refractivity contribution in [1.29, 1.82) is 0 Å². The van der Waals surface area contributed by atoms with Gasteiger partial charge in [-0.05, 0) is 85.1 Å². The van der Waals surface area contributed by atoms with Gasteiger partial charge in [0.1, 0.15) is 11.0 Å². The van der Waals surface area contributed by atoms with Gasteiger partial charge in [0.05, 0.1) is 25.6 Å². The Hall–Kier alpha value is -2.40. The van der Waals surface area contributed by atoms with Crippen LogP contribution < -0.4 is 0 Å². The SMILES string of the molecule is CN1CCCCC1.CN1CCCCC1.CN1CCOCC1.Cn1nc2ccccc2n1.Cn1nccn1. The van der Waals surface area contributed by atoms with Crippen molar-refractivity contribution in [3.05, 3.63) is 36.7 Å². The molecule has 1 aromatic carbocycles. The minimum absolute atomic E-state index is 0.913. The summed E-state index contributed by atoms with van der Waals surface area (Å²) in [6, 6.07) is 7.80. The molecule has 0 N–H and O–H groups in total. The van der Waals surface area contributed by atoms with Crippen molar-refractivity contribution in [3.8, 4) is 0 Å². The smallest absolute Gasteiger partial charge is 0.113 e. The van der Waals surface area contributed by atoms with Crippen molar-refractivity contribution in [1.82, 2.24) is 44.7 Å². The van der Waals surface area contributed by atoms with Crippen molar-refractivity contribution < 1.29 is 4.74 Å². The van der Waals surface area contributed by atoms with Gasteiger partial charge in [0, 0.05) is 27.2 Å². The molecule has 0 atom stereocenters. The zero-order valence-electron chi connectivity index (χ0n) is 23.8. The zero-order chi connectivity index (χ0) is 26.7. The number of ether oxygens (including phenoxy) is 1. The van der Waals surface area contributed by atoms with Crippen molar-refractivity contribution in [3.63, 3.8) is 0 Å². The molecule has 3 aliphatic rings. The molecule has 208 valence electrons. The molecule has 0 spiro atoms. The van der Waals surface area contributed by atoms with Crippen molar-refractivity contribution in [2.45, 2.75) is 38.5 Å². The van der Waals surface area contributed by atoms with Crippen LogP contribution in [-0.2, 0) is 18.8 Å². The molecule has 2 aromatic heterocycles. The molecule has 0 amide bonds. The normalized spacial score (nSPS) is 18.6. The van der Waals surface area contributed by atoms with E-state index in [1.807, 2.05) is 31.3 Å². The first-order chi connectivity index (χ1) is 17.9. The fourth-order valence-corrected chi connectivity index (χ4v) is 4.01. The Balaban J connectivity index is 0.000000165. The average molecular weight is 516 g/mol. The van der Waals surface area contributed by atoms with Crippen LogP contribution in [0.4, 0.5) is 0 Å². The summed E-state index contributed by atoms with van der Waals surface area (Å²) in [7, 11) is 10.1. The van der Waals surface area contributed by atoms with E-state index in [4.69, 9.17) is 4.74 Å². The number of hydrogen-bond acceptors (Lipinski definition) is 8. The molecule has 0 bridgehead atoms. The quantitative estimate of drug-likeness (QED) is 0.452. The maximum absolute atomic E-state index is 5.10. The lowest BCUT2D eigenvalue weighted by Crippen LogP contribution is -2.32. The molecule has 5 heterocycles. The summed E-state index contributed by atoms with van der Waals surface area (Å²) in [4.78, 5) is 10.1. The summed E-state index contributed by atoms with van der Waals surface area (Å²) < 4.78 is 5.10. The molecular weight excluding hydrogens is 466 g/mol. The minimum Gasteiger partial charge on any atom is -0.379 e. The molecule has 10 heteroatoms. The van der Waals surface area contributed by atoms with Crippen LogP contribution in [-0.4, -0.2) is 118 Å². The number of aryl methyl sites for hydroxylation is 2. The van der Waals surface area contributed by atoms with E-state index in [0.29, 0.717) is 0 Å². The summed E-state index contributed by atoms with van der Waals surface area (Å²) in [5.41, 5.74) is 1.90. The molecule has 0 aliphatic carbocycles. The van der Waals surface area contributed by atoms with E-state index >= 15 is 0 Å². The first-order valence-electron chi connectivity index (χ1n) is 13.6. The molecule has 3 aliphatic heterocycles. The number of likely N-dealkylation sites (N-methyl/N-ethyl adjacent to an activating group) is 1. The Labute approximate surface area is 223 Å². The Kier molecular flexibility index (Phi) is 15.6. The molecule has 10 nitrogen and oxygen atoms in total. The van der Waals surface area contributed by atoms with Gasteiger partial charge < -0.3 is 19.4 Å². The average Bonchev–Trinajstić information content (AvgIpc) is 3.54. The third kappa shape index (κ3) is 14.8. The lowest BCUT2D eigenvalue weighted by molar-refractivity contribution is 0.0503. The predicted molar refractivity (Wildman–Crippen MR) is 151 cm³/mol. The van der Waals surface area contributed by atoms with Gasteiger partial charge in [-0.2, -0.15) is 30.0 Å². The second-order valence-corrected chi connectivity index (χ2v) is 9.84. The van der Waals surface area contributed by atoms with E-state index < -0.39 is 0 Å². The molecular formula is C27H49N9O. The van der Waals surface area contributed by atoms with Crippen LogP contribution in [0, 0.1) is 0 Å². The number of fused-ring (bicyclic) bond motifs is 1. The third-order valence-corrected chi connectivity index (χ3v) is 6.31. The predicted octanol–water partition coefficient (Wildman–Crippen LogP) is 2.94. The van der Waals surface area contributed by atoms with Crippen LogP contribution in [0.3, 0.4) is 0 Å². The minimum atomic E-state index is 0.913. The molecule has 3 aromatic rings. The van der Waals surface area contributed by atoms with Gasteiger partial charge in [-0.1, -0.05) is 25.0 Å². The van der Waals surface area contributed by atoms with Crippen LogP contribution in [0.15, 0.2) is 36.7 Å². The van der Waals surface area contributed by atoms with E-state index in [2.05, 4.69) is 56.2 Å². The van der Waals surface area contributed by atoms with Gasteiger partial charge in [0.15, 0.2) is 0 Å². The summed E-state index contributed by atoms with van der Waals surface area (Å²) in [6.45, 7) is 9.30. The van der Waals surface area contributed by atoms with Gasteiger partial charge >= 0.3 is 0 Å². The molecule has 3 fully saturated rings. The Morgan fingerprint density at radius 1 is 0.541 bits per heavy atom. The van der Waals surface area contributed by atoms with Gasteiger partial charge in [0.2, 0.25) is 0 Å². The molecule has 37 heavy (non-hydrogen) atoms. The van der Waals surface area contributed by atoms with Crippen LogP contribution in [0.1, 0.15) is 38.5 Å². The molecule has 0 unspecified atom stereocenters. The van der Waals surface area contributed by atoms with Gasteiger partial charge in [-0.15, -0.1) is 0 Å². The van der Waals surface area contributed by atoms with Crippen LogP contribution in [0.5, 0.6) is 0 Å². The first kappa shape index (κ1) is 30.8. The number of nitrogens with zero attached hydrogens (tertiary/aromatic N) is 9. The number of likely N-dealkylation sites (tertiary alicyclic amines) is 2. The maximum Gasteiger partial charge on any atom is 0.113 e. The topological polar surface area (TPSA) is 80.4 Å². The highest BCUT2D eigenvalue weighted by atomic mass is 16.5. The zero-order valence-corrected chi connectivity index (χ0v) is 23.8. The maximum atomic E-state index is 5.10. The van der Waals surface area contributed by atoms with E-state index in [1.54, 1.807) is 24.2 Å². The number of rotatable bonds is 0. The highest BCUT2D eigenvalue weighted by molar-refractivity contribution is 5.72. The summed E-state index contributed by atoms with van der Waals surface area (Å²) in [5.74, 6) is 0. The number of piperidine rings is 2. The van der Waals surface area contributed by atoms with E-state index in [9.17, 15) is 0 Å². The Morgan fingerprint density at radius 2 is 0.946 bits per heavy atom. The molecule has 0 saturated carbocycles. The fourth-order valence-electron chi connectivity index (χ4n) is 4.01. The Bertz CT molecular complexity index is 842. The van der Waals surface area contributed by atoms with Crippen molar-refractivity contribution in [2.24, 2.45) is 14.1 Å². The number of benzene rings is 1. The summed E-state index contributed by atoms with van der Waals surface area (Å²) in [6.07, 6.45) is 11.8. The van der Waals surface area contributed by atoms with Crippen LogP contribution in [0.25, 0.3) is 11.0 Å². The first-order valence-corrected chi connectivity index (χ1v) is 13.6. The summed E-state index contributed by atoms with van der Waals surface area (Å²) in [5, 5.41) is 15.7. The van der Waals surface area contributed by atoms with E-state index in [1.165, 1.54) is 69.5 Å². The number of morpholine rings is 1. The van der Waals surface area contributed by atoms with E-state index in [0.717, 1.165) is 37.3 Å². The van der Waals surface area contributed by atoms with E-state index in [-0.39, 0.29) is 0 Å². The largest absolute Gasteiger partial charge is 0.379 e. The van der Waals surface area contributed by atoms with Crippen molar-refractivity contribution >= 4 is 11.0 Å². The molecule has 0 radical (unpaired) electrons. The van der Waals surface area contributed by atoms with Crippen molar-refractivity contribution in [2.75, 3.05) is 73.6 Å². The molecule has 6 rings (SSSR count). The van der Waals surface area contributed by atoms with Crippen LogP contribution in [0.2, 0.25) is 0 Å². The highest BCUT2D eigenvalue weighted by Gasteiger charge is 2.03. The monoisotopic (exact) mass is 515 g/mol. The van der Waals surface area contributed by atoms with Gasteiger partial charge in [-0.25, -0.2) is 0 Å². The third-order valence-electron chi connectivity index (χ3n) is 6.31. The molecule has 3 saturated heterocycles. The standard InChI is InChI=1S/C7H7N3.2C6H13N.C5H11NO.C3H5N3/c1-10-8-6-4-2-3-5-7(6)9-10;2*1-7-5-3-2-4-6-7;1-6-2-4-7-5-3-6;1-6-4-2-3-5-6/h2-5H,1H3;2*2-6H2,1H3;2-5H2,1H3;2-3H,1H3. The second kappa shape index (κ2) is 18.8. The summed E-state index contributed by atoms with van der Waals surface area (Å²) >= 11 is 0. The lowest BCUT2D eigenvalue weighted by atomic mass is 10.1. The van der Waals surface area contributed by atoms with Gasteiger partial charge in [-0.3, -0.25) is 0 Å². The number of aromatic nitrogens is 6. The lowest BCUT2D eigenvalue weighted by Gasteiger charge is -2.21.